The zero-order chi connectivity index (χ0) is 55.5. The molecule has 396 valence electrons. The van der Waals surface area contributed by atoms with Crippen molar-refractivity contribution in [3.05, 3.63) is 284 Å². The minimum atomic E-state index is -0.721. The lowest BCUT2D eigenvalue weighted by Crippen LogP contribution is -2.34. The maximum Gasteiger partial charge on any atom is 0.133 e. The molecule has 10 aromatic carbocycles. The van der Waals surface area contributed by atoms with E-state index in [4.69, 9.17) is 9.47 Å². The summed E-state index contributed by atoms with van der Waals surface area (Å²) in [7, 11) is 0. The van der Waals surface area contributed by atoms with Crippen molar-refractivity contribution in [3.8, 4) is 34.1 Å². The number of hydrogen-bond donors (Lipinski definition) is 0. The molecule has 4 nitrogen and oxygen atoms in total. The Labute approximate surface area is 477 Å². The van der Waals surface area contributed by atoms with E-state index < -0.39 is 5.41 Å². The van der Waals surface area contributed by atoms with Crippen LogP contribution in [-0.4, -0.2) is 0 Å². The Morgan fingerprint density at radius 2 is 0.617 bits per heavy atom. The van der Waals surface area contributed by atoms with E-state index in [2.05, 4.69) is 284 Å². The molecule has 16 rings (SSSR count). The quantitative estimate of drug-likeness (QED) is 0.172. The standard InChI is InChI=1S/C75H60N2O2.C2H6/c1-71(2)53-25-13-17-29-63(53)76(65-43-69-61(41-59(65)71)73(5,6)55-27-15-19-31-67(55)78-69)47-37-35-45-33-34-46-36-38-48(40-58(46)75(57(45)39-47)51-23-11-9-21-49(51)50-22-10-12-24-52(50)75)77-64-30-18-14-26-54(64)72(3,4)60-42-62-70(44-66(60)77)79-68-32-20-16-28-56(68)74(62,7)8;1-2/h9-44H,1-8H3;1-2H3. The van der Waals surface area contributed by atoms with E-state index in [1.54, 1.807) is 0 Å². The van der Waals surface area contributed by atoms with E-state index in [0.29, 0.717) is 0 Å². The van der Waals surface area contributed by atoms with Crippen molar-refractivity contribution in [2.24, 2.45) is 0 Å². The maximum atomic E-state index is 6.94. The Hall–Kier alpha value is -8.86. The molecule has 10 aromatic rings. The van der Waals surface area contributed by atoms with Gasteiger partial charge in [0.25, 0.3) is 0 Å². The molecule has 81 heavy (non-hydrogen) atoms. The van der Waals surface area contributed by atoms with Crippen LogP contribution in [0.3, 0.4) is 0 Å². The summed E-state index contributed by atoms with van der Waals surface area (Å²) in [6.45, 7) is 22.9. The summed E-state index contributed by atoms with van der Waals surface area (Å²) in [5.41, 5.74) is 24.9. The van der Waals surface area contributed by atoms with Crippen LogP contribution in [0.5, 0.6) is 23.0 Å². The van der Waals surface area contributed by atoms with Gasteiger partial charge in [-0.2, -0.15) is 0 Å². The second kappa shape index (κ2) is 17.1. The lowest BCUT2D eigenvalue weighted by atomic mass is 9.65. The van der Waals surface area contributed by atoms with Crippen LogP contribution in [0.2, 0.25) is 0 Å². The average Bonchev–Trinajstić information content (AvgIpc) is 2.44. The Kier molecular flexibility index (Phi) is 10.4. The van der Waals surface area contributed by atoms with Crippen molar-refractivity contribution in [2.75, 3.05) is 9.80 Å². The third-order valence-electron chi connectivity index (χ3n) is 19.4. The molecule has 0 N–H and O–H groups in total. The lowest BCUT2D eigenvalue weighted by molar-refractivity contribution is 0.416. The van der Waals surface area contributed by atoms with Crippen LogP contribution in [0.15, 0.2) is 206 Å². The summed E-state index contributed by atoms with van der Waals surface area (Å²) >= 11 is 0. The first kappa shape index (κ1) is 49.2. The minimum absolute atomic E-state index is 0.264. The molecule has 0 aromatic heterocycles. The smallest absolute Gasteiger partial charge is 0.133 e. The van der Waals surface area contributed by atoms with Crippen LogP contribution < -0.4 is 19.3 Å². The van der Waals surface area contributed by atoms with Crippen LogP contribution in [0, 0.1) is 0 Å². The zero-order valence-electron chi connectivity index (χ0n) is 48.0. The van der Waals surface area contributed by atoms with Crippen LogP contribution in [0.25, 0.3) is 23.3 Å². The topological polar surface area (TPSA) is 24.9 Å². The number of hydrogen-bond acceptors (Lipinski definition) is 4. The van der Waals surface area contributed by atoms with E-state index in [-0.39, 0.29) is 21.7 Å². The molecule has 0 amide bonds. The van der Waals surface area contributed by atoms with Crippen LogP contribution in [0.4, 0.5) is 34.1 Å². The van der Waals surface area contributed by atoms with E-state index in [1.165, 1.54) is 100 Å². The third-order valence-corrected chi connectivity index (χ3v) is 19.4. The molecule has 4 heterocycles. The molecule has 0 bridgehead atoms. The highest BCUT2D eigenvalue weighted by Gasteiger charge is 2.51. The molecule has 4 aliphatic heterocycles. The number of benzene rings is 10. The van der Waals surface area contributed by atoms with Gasteiger partial charge in [0.1, 0.15) is 23.0 Å². The average molecular weight is 1050 g/mol. The molecule has 0 atom stereocenters. The van der Waals surface area contributed by atoms with Gasteiger partial charge in [-0.25, -0.2) is 0 Å². The van der Waals surface area contributed by atoms with Crippen LogP contribution >= 0.6 is 0 Å². The highest BCUT2D eigenvalue weighted by Crippen LogP contribution is 2.63. The molecule has 6 aliphatic rings. The molecular formula is C77H66N2O2. The summed E-state index contributed by atoms with van der Waals surface area (Å²) in [6.07, 6.45) is 4.72. The van der Waals surface area contributed by atoms with Gasteiger partial charge in [0.05, 0.1) is 28.2 Å². The van der Waals surface area contributed by atoms with Gasteiger partial charge in [0, 0.05) is 67.4 Å². The lowest BCUT2D eigenvalue weighted by Gasteiger charge is -2.45. The number of rotatable bonds is 2. The summed E-state index contributed by atoms with van der Waals surface area (Å²) in [5, 5.41) is 0. The largest absolute Gasteiger partial charge is 0.457 e. The number of ether oxygens (including phenoxy) is 2. The minimum Gasteiger partial charge on any atom is -0.457 e. The molecule has 1 spiro atoms. The Morgan fingerprint density at radius 1 is 0.272 bits per heavy atom. The van der Waals surface area contributed by atoms with Crippen LogP contribution in [0.1, 0.15) is 147 Å². The second-order valence-electron chi connectivity index (χ2n) is 24.9. The summed E-state index contributed by atoms with van der Waals surface area (Å²) in [6, 6.07) is 77.5. The summed E-state index contributed by atoms with van der Waals surface area (Å²) in [5.74, 6) is 3.64. The first-order chi connectivity index (χ1) is 39.2. The zero-order valence-corrected chi connectivity index (χ0v) is 48.0. The highest BCUT2D eigenvalue weighted by atomic mass is 16.5. The molecule has 0 saturated carbocycles. The molecule has 0 unspecified atom stereocenters. The van der Waals surface area contributed by atoms with Crippen molar-refractivity contribution in [2.45, 2.75) is 96.3 Å². The maximum absolute atomic E-state index is 6.94. The summed E-state index contributed by atoms with van der Waals surface area (Å²) in [4.78, 5) is 5.04. The van der Waals surface area contributed by atoms with Gasteiger partial charge in [0.2, 0.25) is 0 Å². The normalized spacial score (nSPS) is 17.1. The van der Waals surface area contributed by atoms with Gasteiger partial charge in [-0.05, 0) is 127 Å². The Bertz CT molecular complexity index is 4080. The van der Waals surface area contributed by atoms with Crippen LogP contribution in [-0.2, 0) is 27.1 Å². The van der Waals surface area contributed by atoms with Crippen molar-refractivity contribution in [3.63, 3.8) is 0 Å². The van der Waals surface area contributed by atoms with Crippen molar-refractivity contribution in [1.82, 2.24) is 0 Å². The number of para-hydroxylation sites is 4. The molecule has 0 radical (unpaired) electrons. The fourth-order valence-corrected chi connectivity index (χ4v) is 15.3. The van der Waals surface area contributed by atoms with Gasteiger partial charge < -0.3 is 19.3 Å². The summed E-state index contributed by atoms with van der Waals surface area (Å²) < 4.78 is 13.9. The predicted octanol–water partition coefficient (Wildman–Crippen LogP) is 20.6. The number of fused-ring (bicyclic) bond motifs is 17. The van der Waals surface area contributed by atoms with E-state index in [1.807, 2.05) is 13.8 Å². The molecule has 0 fully saturated rings. The van der Waals surface area contributed by atoms with Gasteiger partial charge >= 0.3 is 0 Å². The monoisotopic (exact) mass is 1050 g/mol. The Balaban J connectivity index is 0.00000279. The van der Waals surface area contributed by atoms with Gasteiger partial charge in [-0.3, -0.25) is 0 Å². The fourth-order valence-electron chi connectivity index (χ4n) is 15.3. The molecule has 2 aliphatic carbocycles. The van der Waals surface area contributed by atoms with Crippen molar-refractivity contribution < 1.29 is 9.47 Å². The van der Waals surface area contributed by atoms with Gasteiger partial charge in [-0.1, -0.05) is 215 Å². The number of anilines is 6. The second-order valence-corrected chi connectivity index (χ2v) is 24.9. The van der Waals surface area contributed by atoms with Gasteiger partial charge in [-0.15, -0.1) is 0 Å². The predicted molar refractivity (Wildman–Crippen MR) is 335 cm³/mol. The van der Waals surface area contributed by atoms with Crippen molar-refractivity contribution >= 4 is 46.3 Å². The SMILES string of the molecule is CC.CC1(C)c2ccccc2Oc2cc3c(cc21)C(C)(C)c1ccccc1N3c1ccc2c(c1)C1(c3cc(N4c5ccccc5C(C)(C)c5cc6c(cc54)Oc4ccccc4C6(C)C)ccc3C=C2)c2ccccc2-c2ccccc21. The van der Waals surface area contributed by atoms with Crippen molar-refractivity contribution in [1.29, 1.82) is 0 Å². The Morgan fingerprint density at radius 3 is 1.04 bits per heavy atom. The molecule has 0 saturated heterocycles. The first-order valence-corrected chi connectivity index (χ1v) is 29.1. The number of nitrogens with zero attached hydrogens (tertiary/aromatic N) is 2. The van der Waals surface area contributed by atoms with Gasteiger partial charge in [0.15, 0.2) is 0 Å². The van der Waals surface area contributed by atoms with E-state index in [9.17, 15) is 0 Å². The fraction of sp³-hybridized carbons (Fsp3) is 0.195. The third kappa shape index (κ3) is 6.53. The highest BCUT2D eigenvalue weighted by molar-refractivity contribution is 5.96. The van der Waals surface area contributed by atoms with E-state index >= 15 is 0 Å². The molecule has 4 heteroatoms. The first-order valence-electron chi connectivity index (χ1n) is 29.1. The van der Waals surface area contributed by atoms with E-state index in [0.717, 1.165) is 45.7 Å². The molecular weight excluding hydrogens is 985 g/mol.